The molecular formula is C31H27Cl2N3O3. The van der Waals surface area contributed by atoms with Crippen LogP contribution in [0, 0.1) is 6.92 Å². The van der Waals surface area contributed by atoms with Gasteiger partial charge >= 0.3 is 0 Å². The van der Waals surface area contributed by atoms with Crippen molar-refractivity contribution in [1.29, 1.82) is 0 Å². The summed E-state index contributed by atoms with van der Waals surface area (Å²) >= 11 is 12.4. The third-order valence-corrected chi connectivity index (χ3v) is 7.50. The Bertz CT molecular complexity index is 1520. The average Bonchev–Trinajstić information content (AvgIpc) is 3.43. The largest absolute Gasteiger partial charge is 0.457 e. The van der Waals surface area contributed by atoms with Crippen LogP contribution in [-0.4, -0.2) is 42.9 Å². The molecular weight excluding hydrogens is 533 g/mol. The summed E-state index contributed by atoms with van der Waals surface area (Å²) in [5.41, 5.74) is 4.18. The van der Waals surface area contributed by atoms with E-state index in [0.29, 0.717) is 45.9 Å². The Kier molecular flexibility index (Phi) is 8.05. The van der Waals surface area contributed by atoms with Crippen LogP contribution in [0.3, 0.4) is 0 Å². The highest BCUT2D eigenvalue weighted by atomic mass is 35.5. The molecule has 8 heteroatoms. The van der Waals surface area contributed by atoms with Crippen molar-refractivity contribution in [3.63, 3.8) is 0 Å². The third-order valence-electron chi connectivity index (χ3n) is 6.69. The van der Waals surface area contributed by atoms with Gasteiger partial charge in [-0.1, -0.05) is 47.5 Å². The Balaban J connectivity index is 1.14. The van der Waals surface area contributed by atoms with Crippen molar-refractivity contribution in [3.05, 3.63) is 112 Å². The van der Waals surface area contributed by atoms with Crippen LogP contribution in [0.1, 0.15) is 21.7 Å². The minimum Gasteiger partial charge on any atom is -0.457 e. The summed E-state index contributed by atoms with van der Waals surface area (Å²) in [6, 6.07) is 24.3. The third kappa shape index (κ3) is 6.19. The quantitative estimate of drug-likeness (QED) is 0.254. The van der Waals surface area contributed by atoms with Crippen LogP contribution in [0.15, 0.2) is 89.4 Å². The van der Waals surface area contributed by atoms with Gasteiger partial charge in [0.05, 0.1) is 10.0 Å². The molecule has 2 heterocycles. The maximum atomic E-state index is 12.9. The summed E-state index contributed by atoms with van der Waals surface area (Å²) in [5.74, 6) is 0.896. The molecule has 1 aliphatic heterocycles. The molecule has 2 amide bonds. The van der Waals surface area contributed by atoms with E-state index in [-0.39, 0.29) is 11.8 Å². The Morgan fingerprint density at radius 1 is 0.872 bits per heavy atom. The van der Waals surface area contributed by atoms with Crippen molar-refractivity contribution in [2.45, 2.75) is 6.92 Å². The molecule has 0 unspecified atom stereocenters. The van der Waals surface area contributed by atoms with Gasteiger partial charge < -0.3 is 19.5 Å². The molecule has 0 radical (unpaired) electrons. The van der Waals surface area contributed by atoms with Gasteiger partial charge in [0.25, 0.3) is 5.91 Å². The number of piperazine rings is 1. The summed E-state index contributed by atoms with van der Waals surface area (Å²) in [4.78, 5) is 29.5. The summed E-state index contributed by atoms with van der Waals surface area (Å²) in [6.45, 7) is 4.78. The molecule has 39 heavy (non-hydrogen) atoms. The van der Waals surface area contributed by atoms with E-state index in [9.17, 15) is 9.59 Å². The average molecular weight is 560 g/mol. The molecule has 1 fully saturated rings. The Hall–Kier alpha value is -4.00. The van der Waals surface area contributed by atoms with Crippen molar-refractivity contribution in [3.8, 4) is 11.3 Å². The predicted molar refractivity (Wildman–Crippen MR) is 158 cm³/mol. The first-order chi connectivity index (χ1) is 18.9. The first kappa shape index (κ1) is 26.6. The van der Waals surface area contributed by atoms with Crippen LogP contribution in [0.2, 0.25) is 10.0 Å². The van der Waals surface area contributed by atoms with Crippen LogP contribution in [0.5, 0.6) is 0 Å². The summed E-state index contributed by atoms with van der Waals surface area (Å²) in [5, 5.41) is 3.73. The zero-order valence-corrected chi connectivity index (χ0v) is 22.9. The second kappa shape index (κ2) is 11.8. The van der Waals surface area contributed by atoms with Crippen molar-refractivity contribution < 1.29 is 14.0 Å². The number of furan rings is 1. The van der Waals surface area contributed by atoms with Crippen LogP contribution in [-0.2, 0) is 4.79 Å². The standard InChI is InChI=1S/C31H27Cl2N3O3/c1-21-5-2-3-6-25(21)31(38)36-19-17-35(18-20-36)23-11-9-22(10-12-23)34-29(37)16-14-24-13-15-28(39-24)26-7-4-8-27(32)30(26)33/h2-16H,17-20H2,1H3,(H,34,37). The first-order valence-corrected chi connectivity index (χ1v) is 13.4. The fourth-order valence-electron chi connectivity index (χ4n) is 4.53. The predicted octanol–water partition coefficient (Wildman–Crippen LogP) is 7.18. The van der Waals surface area contributed by atoms with E-state index in [1.807, 2.05) is 66.4 Å². The smallest absolute Gasteiger partial charge is 0.254 e. The molecule has 4 aromatic rings. The molecule has 1 aromatic heterocycles. The lowest BCUT2D eigenvalue weighted by Gasteiger charge is -2.36. The number of carbonyl (C=O) groups excluding carboxylic acids is 2. The zero-order chi connectivity index (χ0) is 27.4. The minimum absolute atomic E-state index is 0.0814. The molecule has 1 saturated heterocycles. The molecule has 5 rings (SSSR count). The number of hydrogen-bond donors (Lipinski definition) is 1. The van der Waals surface area contributed by atoms with Gasteiger partial charge in [0.2, 0.25) is 5.91 Å². The van der Waals surface area contributed by atoms with Crippen LogP contribution in [0.4, 0.5) is 11.4 Å². The summed E-state index contributed by atoms with van der Waals surface area (Å²) in [7, 11) is 0. The lowest BCUT2D eigenvalue weighted by Crippen LogP contribution is -2.48. The maximum absolute atomic E-state index is 12.9. The van der Waals surface area contributed by atoms with E-state index in [1.54, 1.807) is 30.3 Å². The number of benzene rings is 3. The van der Waals surface area contributed by atoms with Gasteiger partial charge in [0.1, 0.15) is 11.5 Å². The van der Waals surface area contributed by atoms with E-state index < -0.39 is 0 Å². The molecule has 0 aliphatic carbocycles. The van der Waals surface area contributed by atoms with E-state index >= 15 is 0 Å². The molecule has 0 saturated carbocycles. The highest BCUT2D eigenvalue weighted by molar-refractivity contribution is 6.43. The van der Waals surface area contributed by atoms with Crippen molar-refractivity contribution in [1.82, 2.24) is 4.90 Å². The number of carbonyl (C=O) groups is 2. The Labute approximate surface area is 237 Å². The molecule has 6 nitrogen and oxygen atoms in total. The van der Waals surface area contributed by atoms with Gasteiger partial charge in [0.15, 0.2) is 0 Å². The number of hydrogen-bond acceptors (Lipinski definition) is 4. The van der Waals surface area contributed by atoms with Crippen LogP contribution >= 0.6 is 23.2 Å². The highest BCUT2D eigenvalue weighted by Crippen LogP contribution is 2.34. The number of anilines is 2. The monoisotopic (exact) mass is 559 g/mol. The Morgan fingerprint density at radius 2 is 1.62 bits per heavy atom. The van der Waals surface area contributed by atoms with E-state index in [2.05, 4.69) is 10.2 Å². The second-order valence-electron chi connectivity index (χ2n) is 9.27. The van der Waals surface area contributed by atoms with Crippen LogP contribution < -0.4 is 10.2 Å². The topological polar surface area (TPSA) is 65.8 Å². The fraction of sp³-hybridized carbons (Fsp3) is 0.161. The maximum Gasteiger partial charge on any atom is 0.254 e. The van der Waals surface area contributed by atoms with Gasteiger partial charge in [-0.2, -0.15) is 0 Å². The van der Waals surface area contributed by atoms with E-state index in [1.165, 1.54) is 6.08 Å². The van der Waals surface area contributed by atoms with Gasteiger partial charge in [-0.15, -0.1) is 0 Å². The lowest BCUT2D eigenvalue weighted by molar-refractivity contribution is -0.111. The zero-order valence-electron chi connectivity index (χ0n) is 21.4. The first-order valence-electron chi connectivity index (χ1n) is 12.6. The van der Waals surface area contributed by atoms with Crippen LogP contribution in [0.25, 0.3) is 17.4 Å². The summed E-state index contributed by atoms with van der Waals surface area (Å²) < 4.78 is 5.80. The number of rotatable bonds is 6. The van der Waals surface area contributed by atoms with Crippen molar-refractivity contribution in [2.24, 2.45) is 0 Å². The minimum atomic E-state index is -0.273. The number of nitrogens with zero attached hydrogens (tertiary/aromatic N) is 2. The molecule has 198 valence electrons. The molecule has 0 bridgehead atoms. The molecule has 1 N–H and O–H groups in total. The second-order valence-corrected chi connectivity index (χ2v) is 10.1. The summed E-state index contributed by atoms with van der Waals surface area (Å²) in [6.07, 6.45) is 3.02. The number of halogens is 2. The molecule has 1 aliphatic rings. The van der Waals surface area contributed by atoms with Gasteiger partial charge in [-0.05, 0) is 73.2 Å². The number of aryl methyl sites for hydroxylation is 1. The molecule has 0 spiro atoms. The fourth-order valence-corrected chi connectivity index (χ4v) is 4.92. The van der Waals surface area contributed by atoms with Gasteiger partial charge in [-0.25, -0.2) is 0 Å². The van der Waals surface area contributed by atoms with Gasteiger partial charge in [-0.3, -0.25) is 9.59 Å². The number of nitrogens with one attached hydrogen (secondary N) is 1. The van der Waals surface area contributed by atoms with Crippen molar-refractivity contribution in [2.75, 3.05) is 36.4 Å². The molecule has 3 aromatic carbocycles. The normalized spacial score (nSPS) is 13.6. The molecule has 0 atom stereocenters. The van der Waals surface area contributed by atoms with Crippen molar-refractivity contribution >= 4 is 52.5 Å². The number of amides is 2. The van der Waals surface area contributed by atoms with E-state index in [4.69, 9.17) is 27.6 Å². The SMILES string of the molecule is Cc1ccccc1C(=O)N1CCN(c2ccc(NC(=O)C=Cc3ccc(-c4cccc(Cl)c4Cl)o3)cc2)CC1. The van der Waals surface area contributed by atoms with Gasteiger partial charge in [0, 0.05) is 54.8 Å². The Morgan fingerprint density at radius 3 is 2.36 bits per heavy atom. The van der Waals surface area contributed by atoms with E-state index in [0.717, 1.165) is 29.9 Å². The lowest BCUT2D eigenvalue weighted by atomic mass is 10.1. The highest BCUT2D eigenvalue weighted by Gasteiger charge is 2.23.